The Morgan fingerprint density at radius 2 is 1.96 bits per heavy atom. The third-order valence-electron chi connectivity index (χ3n) is 6.49. The molecule has 1 aromatic rings. The second-order valence-corrected chi connectivity index (χ2v) is 7.81. The van der Waals surface area contributed by atoms with E-state index >= 15 is 0 Å². The molecule has 132 valence electrons. The van der Waals surface area contributed by atoms with Gasteiger partial charge in [0.05, 0.1) is 5.41 Å². The van der Waals surface area contributed by atoms with Crippen LogP contribution < -0.4 is 10.6 Å². The number of allylic oxidation sites excluding steroid dienone is 2. The van der Waals surface area contributed by atoms with Gasteiger partial charge in [0.15, 0.2) is 0 Å². The van der Waals surface area contributed by atoms with Crippen LogP contribution in [-0.4, -0.2) is 18.4 Å². The Bertz CT molecular complexity index is 709. The minimum absolute atomic E-state index is 0.152. The van der Waals surface area contributed by atoms with Gasteiger partial charge in [-0.3, -0.25) is 14.9 Å². The maximum Gasteiger partial charge on any atom is 0.237 e. The Balaban J connectivity index is 1.43. The number of benzene rings is 1. The Morgan fingerprint density at radius 3 is 2.56 bits per heavy atom. The Kier molecular flexibility index (Phi) is 4.14. The zero-order valence-electron chi connectivity index (χ0n) is 14.8. The van der Waals surface area contributed by atoms with E-state index in [1.165, 1.54) is 12.8 Å². The van der Waals surface area contributed by atoms with Crippen molar-refractivity contribution in [2.24, 2.45) is 17.8 Å². The molecule has 2 N–H and O–H groups in total. The fraction of sp³-hybridized carbons (Fsp3) is 0.524. The zero-order valence-corrected chi connectivity index (χ0v) is 14.8. The van der Waals surface area contributed by atoms with Gasteiger partial charge >= 0.3 is 0 Å². The van der Waals surface area contributed by atoms with Crippen LogP contribution in [0.25, 0.3) is 0 Å². The van der Waals surface area contributed by atoms with Gasteiger partial charge in [-0.2, -0.15) is 0 Å². The molecule has 2 bridgehead atoms. The van der Waals surface area contributed by atoms with Crippen molar-refractivity contribution in [3.05, 3.63) is 42.0 Å². The number of carbonyl (C=O) groups excluding carboxylic acids is 2. The molecule has 4 rings (SSSR count). The van der Waals surface area contributed by atoms with Gasteiger partial charge in [-0.1, -0.05) is 31.2 Å². The van der Waals surface area contributed by atoms with E-state index in [4.69, 9.17) is 0 Å². The van der Waals surface area contributed by atoms with Crippen LogP contribution in [0.4, 0.5) is 5.69 Å². The van der Waals surface area contributed by atoms with Crippen molar-refractivity contribution in [1.82, 2.24) is 5.32 Å². The molecule has 1 saturated heterocycles. The molecule has 1 aliphatic heterocycles. The van der Waals surface area contributed by atoms with Gasteiger partial charge in [-0.05, 0) is 61.1 Å². The average molecular weight is 338 g/mol. The van der Waals surface area contributed by atoms with E-state index in [2.05, 4.69) is 34.9 Å². The van der Waals surface area contributed by atoms with Crippen molar-refractivity contribution in [2.45, 2.75) is 44.4 Å². The minimum Gasteiger partial charge on any atom is -0.385 e. The second kappa shape index (κ2) is 6.32. The van der Waals surface area contributed by atoms with E-state index in [1.807, 2.05) is 19.1 Å². The summed E-state index contributed by atoms with van der Waals surface area (Å²) in [5.74, 6) is 1.99. The molecule has 4 heteroatoms. The smallest absolute Gasteiger partial charge is 0.237 e. The van der Waals surface area contributed by atoms with Crippen molar-refractivity contribution >= 4 is 17.5 Å². The lowest BCUT2D eigenvalue weighted by Gasteiger charge is -2.35. The Hall–Kier alpha value is -2.10. The molecular weight excluding hydrogens is 312 g/mol. The van der Waals surface area contributed by atoms with Gasteiger partial charge in [-0.25, -0.2) is 0 Å². The number of piperidine rings is 1. The highest BCUT2D eigenvalue weighted by molar-refractivity contribution is 6.03. The normalized spacial score (nSPS) is 33.6. The molecule has 1 saturated carbocycles. The molecule has 25 heavy (non-hydrogen) atoms. The largest absolute Gasteiger partial charge is 0.385 e. The van der Waals surface area contributed by atoms with Crippen LogP contribution in [0.5, 0.6) is 0 Å². The topological polar surface area (TPSA) is 58.2 Å². The first-order valence-electron chi connectivity index (χ1n) is 9.48. The van der Waals surface area contributed by atoms with Crippen LogP contribution in [0.15, 0.2) is 36.4 Å². The van der Waals surface area contributed by atoms with Crippen LogP contribution in [0.1, 0.15) is 44.6 Å². The van der Waals surface area contributed by atoms with Gasteiger partial charge < -0.3 is 5.32 Å². The highest BCUT2D eigenvalue weighted by atomic mass is 16.2. The number of amides is 2. The minimum atomic E-state index is -0.568. The van der Waals surface area contributed by atoms with E-state index < -0.39 is 5.41 Å². The quantitative estimate of drug-likeness (QED) is 0.639. The summed E-state index contributed by atoms with van der Waals surface area (Å²) >= 11 is 0. The molecule has 1 heterocycles. The number of hydrogen-bond donors (Lipinski definition) is 2. The molecule has 0 radical (unpaired) electrons. The molecule has 4 unspecified atom stereocenters. The van der Waals surface area contributed by atoms with E-state index in [0.717, 1.165) is 35.5 Å². The third-order valence-corrected chi connectivity index (χ3v) is 6.49. The number of hydrogen-bond acceptors (Lipinski definition) is 3. The fourth-order valence-electron chi connectivity index (χ4n) is 4.85. The van der Waals surface area contributed by atoms with Gasteiger partial charge in [0.25, 0.3) is 0 Å². The van der Waals surface area contributed by atoms with Crippen molar-refractivity contribution in [3.8, 4) is 0 Å². The summed E-state index contributed by atoms with van der Waals surface area (Å²) in [5.41, 5.74) is 1.55. The standard InChI is InChI=1S/C21H26N2O2/c1-2-21(10-9-19(24)23-20(21)25)17-5-7-18(8-6-17)22-13-16-12-14-3-4-15(16)11-14/h3-8,14-16,22H,2,9-13H2,1H3,(H,23,24,25). The predicted molar refractivity (Wildman–Crippen MR) is 98.1 cm³/mol. The first-order valence-corrected chi connectivity index (χ1v) is 9.48. The van der Waals surface area contributed by atoms with Gasteiger partial charge in [0, 0.05) is 18.7 Å². The number of anilines is 1. The van der Waals surface area contributed by atoms with E-state index in [9.17, 15) is 9.59 Å². The third kappa shape index (κ3) is 2.88. The molecule has 2 aliphatic carbocycles. The first-order chi connectivity index (χ1) is 12.1. The van der Waals surface area contributed by atoms with E-state index in [1.54, 1.807) is 0 Å². The molecule has 1 aromatic carbocycles. The van der Waals surface area contributed by atoms with Crippen LogP contribution in [0.3, 0.4) is 0 Å². The predicted octanol–water partition coefficient (Wildman–Crippen LogP) is 3.40. The van der Waals surface area contributed by atoms with Gasteiger partial charge in [0.1, 0.15) is 0 Å². The Labute approximate surface area is 149 Å². The maximum absolute atomic E-state index is 12.5. The van der Waals surface area contributed by atoms with Gasteiger partial charge in [-0.15, -0.1) is 0 Å². The summed E-state index contributed by atoms with van der Waals surface area (Å²) in [7, 11) is 0. The van der Waals surface area contributed by atoms with Crippen molar-refractivity contribution in [1.29, 1.82) is 0 Å². The number of rotatable bonds is 5. The van der Waals surface area contributed by atoms with Gasteiger partial charge in [0.2, 0.25) is 11.8 Å². The summed E-state index contributed by atoms with van der Waals surface area (Å²) in [4.78, 5) is 23.9. The lowest BCUT2D eigenvalue weighted by atomic mass is 9.72. The lowest BCUT2D eigenvalue weighted by molar-refractivity contribution is -0.138. The van der Waals surface area contributed by atoms with Crippen molar-refractivity contribution in [3.63, 3.8) is 0 Å². The molecule has 0 spiro atoms. The molecule has 4 nitrogen and oxygen atoms in total. The summed E-state index contributed by atoms with van der Waals surface area (Å²) in [5, 5.41) is 6.07. The summed E-state index contributed by atoms with van der Waals surface area (Å²) < 4.78 is 0. The number of imide groups is 1. The summed E-state index contributed by atoms with van der Waals surface area (Å²) in [6, 6.07) is 8.23. The van der Waals surface area contributed by atoms with Crippen LogP contribution >= 0.6 is 0 Å². The average Bonchev–Trinajstić information content (AvgIpc) is 3.24. The molecular formula is C21H26N2O2. The molecule has 3 aliphatic rings. The van der Waals surface area contributed by atoms with E-state index in [0.29, 0.717) is 19.3 Å². The van der Waals surface area contributed by atoms with Crippen molar-refractivity contribution < 1.29 is 9.59 Å². The first kappa shape index (κ1) is 16.4. The highest BCUT2D eigenvalue weighted by Crippen LogP contribution is 2.43. The monoisotopic (exact) mass is 338 g/mol. The molecule has 2 amide bonds. The lowest BCUT2D eigenvalue weighted by Crippen LogP contribution is -2.51. The molecule has 0 aromatic heterocycles. The number of fused-ring (bicyclic) bond motifs is 2. The summed E-state index contributed by atoms with van der Waals surface area (Å²) in [6.07, 6.45) is 9.11. The Morgan fingerprint density at radius 1 is 1.16 bits per heavy atom. The number of carbonyl (C=O) groups is 2. The number of nitrogens with one attached hydrogen (secondary N) is 2. The van der Waals surface area contributed by atoms with Crippen LogP contribution in [0, 0.1) is 17.8 Å². The molecule has 2 fully saturated rings. The molecule has 4 atom stereocenters. The highest BCUT2D eigenvalue weighted by Gasteiger charge is 2.42. The van der Waals surface area contributed by atoms with Crippen LogP contribution in [-0.2, 0) is 15.0 Å². The van der Waals surface area contributed by atoms with Crippen LogP contribution in [0.2, 0.25) is 0 Å². The SMILES string of the molecule is CCC1(c2ccc(NCC3CC4C=CC3C4)cc2)CCC(=O)NC1=O. The second-order valence-electron chi connectivity index (χ2n) is 7.81. The van der Waals surface area contributed by atoms with E-state index in [-0.39, 0.29) is 11.8 Å². The van der Waals surface area contributed by atoms with Crippen molar-refractivity contribution in [2.75, 3.05) is 11.9 Å². The fourth-order valence-corrected chi connectivity index (χ4v) is 4.85. The maximum atomic E-state index is 12.5. The zero-order chi connectivity index (χ0) is 17.4. The summed E-state index contributed by atoms with van der Waals surface area (Å²) in [6.45, 7) is 3.03.